The van der Waals surface area contributed by atoms with E-state index in [-0.39, 0.29) is 0 Å². The highest BCUT2D eigenvalue weighted by molar-refractivity contribution is 8.37. The van der Waals surface area contributed by atoms with Crippen molar-refractivity contribution in [3.05, 3.63) is 0 Å². The van der Waals surface area contributed by atoms with Crippen LogP contribution in [0.5, 0.6) is 0 Å². The molecule has 1 unspecified atom stereocenters. The van der Waals surface area contributed by atoms with Crippen LogP contribution in [0.25, 0.3) is 0 Å². The van der Waals surface area contributed by atoms with E-state index in [9.17, 15) is 0 Å². The van der Waals surface area contributed by atoms with Gasteiger partial charge in [0.15, 0.2) is 0 Å². The first-order chi connectivity index (χ1) is 6.31. The predicted molar refractivity (Wildman–Crippen MR) is 78.3 cm³/mol. The fraction of sp³-hybridized carbons (Fsp3) is 1.00. The molecule has 0 aromatic carbocycles. The molecule has 1 aliphatic rings. The molecule has 0 nitrogen and oxygen atoms in total. The van der Waals surface area contributed by atoms with Gasteiger partial charge in [-0.15, -0.1) is 35.3 Å². The summed E-state index contributed by atoms with van der Waals surface area (Å²) in [5.41, 5.74) is 0. The summed E-state index contributed by atoms with van der Waals surface area (Å²) >= 11 is 6.56. The van der Waals surface area contributed by atoms with E-state index in [0.717, 1.165) is 10.5 Å². The normalized spacial score (nSPS) is 39.9. The Balaban J connectivity index is 2.88. The van der Waals surface area contributed by atoms with Crippen LogP contribution in [0.15, 0.2) is 0 Å². The maximum absolute atomic E-state index is 2.51. The van der Waals surface area contributed by atoms with Gasteiger partial charge in [0, 0.05) is 10.5 Å². The lowest BCUT2D eigenvalue weighted by atomic mass is 10.3. The quantitative estimate of drug-likeness (QED) is 0.674. The van der Waals surface area contributed by atoms with Crippen LogP contribution in [0, 0.1) is 0 Å². The molecular weight excluding hydrogens is 244 g/mol. The van der Waals surface area contributed by atoms with E-state index >= 15 is 0 Å². The van der Waals surface area contributed by atoms with E-state index in [1.807, 2.05) is 0 Å². The van der Waals surface area contributed by atoms with Gasteiger partial charge in [-0.1, -0.05) is 33.5 Å². The molecule has 0 aromatic heterocycles. The summed E-state index contributed by atoms with van der Waals surface area (Å²) in [6.45, 7) is 12.3. The maximum atomic E-state index is 2.51. The van der Waals surface area contributed by atoms with E-state index in [4.69, 9.17) is 0 Å². The molecule has 1 fully saturated rings. The van der Waals surface area contributed by atoms with Crippen LogP contribution in [0.3, 0.4) is 0 Å². The van der Waals surface area contributed by atoms with Crippen molar-refractivity contribution in [3.63, 3.8) is 0 Å². The minimum Gasteiger partial charge on any atom is -0.140 e. The van der Waals surface area contributed by atoms with Gasteiger partial charge in [0.25, 0.3) is 0 Å². The Morgan fingerprint density at radius 2 is 1.57 bits per heavy atom. The molecule has 14 heavy (non-hydrogen) atoms. The van der Waals surface area contributed by atoms with Crippen molar-refractivity contribution in [1.29, 1.82) is 0 Å². The van der Waals surface area contributed by atoms with Gasteiger partial charge in [0.1, 0.15) is 0 Å². The van der Waals surface area contributed by atoms with Crippen LogP contribution in [-0.4, -0.2) is 27.9 Å². The first kappa shape index (κ1) is 13.3. The highest BCUT2D eigenvalue weighted by Crippen LogP contribution is 2.59. The third-order valence-electron chi connectivity index (χ3n) is 2.56. The van der Waals surface area contributed by atoms with Gasteiger partial charge in [-0.2, -0.15) is 0 Å². The van der Waals surface area contributed by atoms with Crippen LogP contribution in [-0.2, 0) is 0 Å². The highest BCUT2D eigenvalue weighted by Gasteiger charge is 2.48. The molecule has 84 valence electrons. The predicted octanol–water partition coefficient (Wildman–Crippen LogP) is 4.53. The zero-order valence-electron chi connectivity index (χ0n) is 10.1. The average Bonchev–Trinajstić information content (AvgIpc) is 2.00. The Kier molecular flexibility index (Phi) is 4.42. The van der Waals surface area contributed by atoms with Gasteiger partial charge < -0.3 is 0 Å². The first-order valence-corrected chi connectivity index (χ1v) is 11.7. The van der Waals surface area contributed by atoms with Crippen molar-refractivity contribution in [2.45, 2.75) is 53.4 Å². The zero-order chi connectivity index (χ0) is 11.0. The second-order valence-corrected chi connectivity index (χ2v) is 16.5. The van der Waals surface area contributed by atoms with Gasteiger partial charge in [-0.25, -0.2) is 0 Å². The molecule has 0 aliphatic carbocycles. The largest absolute Gasteiger partial charge is 0.140 e. The molecule has 1 saturated heterocycles. The molecule has 1 heterocycles. The third kappa shape index (κ3) is 2.69. The summed E-state index contributed by atoms with van der Waals surface area (Å²) < 4.78 is 0.490. The first-order valence-electron chi connectivity index (χ1n) is 5.21. The summed E-state index contributed by atoms with van der Waals surface area (Å²) in [7, 11) is -1.10. The maximum Gasteiger partial charge on any atom is 0.0951 e. The van der Waals surface area contributed by atoms with Crippen molar-refractivity contribution in [1.82, 2.24) is 0 Å². The molecule has 4 heteroatoms. The lowest BCUT2D eigenvalue weighted by Gasteiger charge is -2.48. The molecule has 0 aromatic rings. The Morgan fingerprint density at radius 3 is 1.86 bits per heavy atom. The Labute approximate surface area is 103 Å². The number of hydrogen-bond acceptors (Lipinski definition) is 3. The molecule has 0 N–H and O–H groups in total. The van der Waals surface area contributed by atoms with Crippen LogP contribution in [0.1, 0.15) is 20.3 Å². The smallest absolute Gasteiger partial charge is 0.0951 e. The molecule has 0 spiro atoms. The SMILES string of the molecule is CSC1([Si](C)(C)C)S[C@H](C)C[C@H](C)S1. The Hall–Kier alpha value is 1.27. The molecule has 3 atom stereocenters. The molecule has 0 amide bonds. The zero-order valence-corrected chi connectivity index (χ0v) is 13.5. The van der Waals surface area contributed by atoms with E-state index in [2.05, 4.69) is 75.0 Å². The van der Waals surface area contributed by atoms with Crippen LogP contribution >= 0.6 is 35.3 Å². The minimum atomic E-state index is -1.10. The molecule has 0 bridgehead atoms. The van der Waals surface area contributed by atoms with Crippen LogP contribution < -0.4 is 0 Å². The number of rotatable bonds is 2. The molecule has 1 rings (SSSR count). The van der Waals surface area contributed by atoms with E-state index in [1.165, 1.54) is 6.42 Å². The highest BCUT2D eigenvalue weighted by atomic mass is 32.3. The van der Waals surface area contributed by atoms with Crippen molar-refractivity contribution in [2.75, 3.05) is 6.26 Å². The van der Waals surface area contributed by atoms with Gasteiger partial charge in [0.05, 0.1) is 11.1 Å². The lowest BCUT2D eigenvalue weighted by molar-refractivity contribution is 0.794. The number of thioether (sulfide) groups is 3. The summed E-state index contributed by atoms with van der Waals surface area (Å²) in [6, 6.07) is 0. The van der Waals surface area contributed by atoms with E-state index in [0.29, 0.717) is 3.03 Å². The van der Waals surface area contributed by atoms with Gasteiger partial charge in [-0.05, 0) is 12.7 Å². The minimum absolute atomic E-state index is 0.490. The Bertz CT molecular complexity index is 190. The van der Waals surface area contributed by atoms with Gasteiger partial charge in [0.2, 0.25) is 0 Å². The third-order valence-corrected chi connectivity index (χ3v) is 15.7. The summed E-state index contributed by atoms with van der Waals surface area (Å²) in [4.78, 5) is 0. The molecule has 0 saturated carbocycles. The van der Waals surface area contributed by atoms with Crippen molar-refractivity contribution < 1.29 is 0 Å². The lowest BCUT2D eigenvalue weighted by Crippen LogP contribution is -2.48. The molecule has 0 radical (unpaired) electrons. The monoisotopic (exact) mass is 266 g/mol. The van der Waals surface area contributed by atoms with Crippen molar-refractivity contribution in [3.8, 4) is 0 Å². The second-order valence-electron chi connectivity index (χ2n) is 5.10. The average molecular weight is 267 g/mol. The summed E-state index contributed by atoms with van der Waals surface area (Å²) in [6.07, 6.45) is 3.67. The summed E-state index contributed by atoms with van der Waals surface area (Å²) in [5, 5.41) is 1.68. The Morgan fingerprint density at radius 1 is 1.14 bits per heavy atom. The standard InChI is InChI=1S/C10H22S3Si/c1-8-7-9(2)13-10(11-3,12-8)14(4,5)6/h8-9H,7H2,1-6H3/t8-,9+,10?. The molecular formula is C10H22S3Si. The fourth-order valence-corrected chi connectivity index (χ4v) is 13.3. The van der Waals surface area contributed by atoms with E-state index < -0.39 is 8.07 Å². The second kappa shape index (κ2) is 4.64. The van der Waals surface area contributed by atoms with Crippen LogP contribution in [0.2, 0.25) is 19.6 Å². The topological polar surface area (TPSA) is 0 Å². The molecule has 1 aliphatic heterocycles. The van der Waals surface area contributed by atoms with Gasteiger partial charge in [-0.3, -0.25) is 0 Å². The van der Waals surface area contributed by atoms with Crippen LogP contribution in [0.4, 0.5) is 0 Å². The number of hydrogen-bond donors (Lipinski definition) is 0. The van der Waals surface area contributed by atoms with Crippen molar-refractivity contribution >= 4 is 43.4 Å². The van der Waals surface area contributed by atoms with Gasteiger partial charge >= 0.3 is 0 Å². The fourth-order valence-electron chi connectivity index (χ4n) is 1.88. The van der Waals surface area contributed by atoms with Crippen molar-refractivity contribution in [2.24, 2.45) is 0 Å². The summed E-state index contributed by atoms with van der Waals surface area (Å²) in [5.74, 6) is 0. The van der Waals surface area contributed by atoms with E-state index in [1.54, 1.807) is 0 Å².